The summed E-state index contributed by atoms with van der Waals surface area (Å²) in [6, 6.07) is 4.11. The van der Waals surface area contributed by atoms with Crippen molar-refractivity contribution in [3.63, 3.8) is 0 Å². The molecule has 1 aliphatic rings. The molecule has 3 aromatic rings. The van der Waals surface area contributed by atoms with Gasteiger partial charge < -0.3 is 9.47 Å². The molecule has 1 aliphatic carbocycles. The van der Waals surface area contributed by atoms with Crippen LogP contribution in [0.5, 0.6) is 11.8 Å². The first kappa shape index (κ1) is 19.3. The molecule has 0 N–H and O–H groups in total. The standard InChI is InChI=1S/C21H20ClN5O2/c1-11-5-6-17(24-7-11)18-12(2)16(18)10-29-20-15(8-23-13(3)26-20)14-9-25-27-21(28-4)19(14)22/h5-9,16H,10H2,1-4H3. The Balaban J connectivity index is 1.56. The summed E-state index contributed by atoms with van der Waals surface area (Å²) in [5.41, 5.74) is 5.88. The van der Waals surface area contributed by atoms with Crippen molar-refractivity contribution in [1.29, 1.82) is 0 Å². The largest absolute Gasteiger partial charge is 0.479 e. The van der Waals surface area contributed by atoms with Crippen molar-refractivity contribution in [2.75, 3.05) is 13.7 Å². The number of hydrogen-bond donors (Lipinski definition) is 0. The molecule has 4 rings (SSSR count). The van der Waals surface area contributed by atoms with Gasteiger partial charge >= 0.3 is 0 Å². The van der Waals surface area contributed by atoms with Crippen LogP contribution in [0.15, 0.2) is 36.3 Å². The van der Waals surface area contributed by atoms with E-state index in [1.54, 1.807) is 12.4 Å². The fraction of sp³-hybridized carbons (Fsp3) is 0.286. The van der Waals surface area contributed by atoms with Gasteiger partial charge in [-0.1, -0.05) is 23.2 Å². The summed E-state index contributed by atoms with van der Waals surface area (Å²) >= 11 is 6.41. The fourth-order valence-corrected chi connectivity index (χ4v) is 3.45. The molecule has 148 valence electrons. The maximum absolute atomic E-state index is 6.41. The lowest BCUT2D eigenvalue weighted by atomic mass is 10.1. The molecule has 0 fully saturated rings. The van der Waals surface area contributed by atoms with Gasteiger partial charge in [0.25, 0.3) is 5.88 Å². The molecule has 0 saturated carbocycles. The Morgan fingerprint density at radius 3 is 2.55 bits per heavy atom. The van der Waals surface area contributed by atoms with Crippen molar-refractivity contribution in [3.8, 4) is 22.9 Å². The van der Waals surface area contributed by atoms with Gasteiger partial charge in [-0.3, -0.25) is 4.98 Å². The van der Waals surface area contributed by atoms with E-state index in [-0.39, 0.29) is 11.8 Å². The minimum atomic E-state index is 0.217. The molecule has 29 heavy (non-hydrogen) atoms. The average Bonchev–Trinajstić information content (AvgIpc) is 3.37. The zero-order valence-electron chi connectivity index (χ0n) is 16.6. The van der Waals surface area contributed by atoms with Gasteiger partial charge in [0.05, 0.1) is 24.6 Å². The monoisotopic (exact) mass is 409 g/mol. The summed E-state index contributed by atoms with van der Waals surface area (Å²) in [6.45, 7) is 6.41. The maximum Gasteiger partial charge on any atom is 0.252 e. The van der Waals surface area contributed by atoms with Crippen molar-refractivity contribution in [2.45, 2.75) is 20.8 Å². The topological polar surface area (TPSA) is 82.9 Å². The molecule has 8 heteroatoms. The van der Waals surface area contributed by atoms with Crippen LogP contribution in [-0.2, 0) is 0 Å². The summed E-state index contributed by atoms with van der Waals surface area (Å²) in [6.07, 6.45) is 5.10. The first-order valence-electron chi connectivity index (χ1n) is 9.15. The van der Waals surface area contributed by atoms with E-state index < -0.39 is 0 Å². The molecule has 0 bridgehead atoms. The summed E-state index contributed by atoms with van der Waals surface area (Å²) in [7, 11) is 1.49. The third-order valence-corrected chi connectivity index (χ3v) is 5.27. The van der Waals surface area contributed by atoms with Gasteiger partial charge in [-0.15, -0.1) is 5.10 Å². The molecule has 0 aliphatic heterocycles. The van der Waals surface area contributed by atoms with Gasteiger partial charge in [-0.2, -0.15) is 10.1 Å². The van der Waals surface area contributed by atoms with Gasteiger partial charge in [-0.25, -0.2) is 4.98 Å². The second kappa shape index (κ2) is 7.75. The number of methoxy groups -OCH3 is 1. The molecule has 0 amide bonds. The van der Waals surface area contributed by atoms with Crippen molar-refractivity contribution in [2.24, 2.45) is 5.92 Å². The van der Waals surface area contributed by atoms with Crippen LogP contribution in [0.25, 0.3) is 16.7 Å². The van der Waals surface area contributed by atoms with Crippen molar-refractivity contribution in [1.82, 2.24) is 25.1 Å². The highest BCUT2D eigenvalue weighted by Gasteiger charge is 2.35. The maximum atomic E-state index is 6.41. The Morgan fingerprint density at radius 1 is 1.00 bits per heavy atom. The first-order chi connectivity index (χ1) is 14.0. The Kier molecular flexibility index (Phi) is 5.15. The number of halogens is 1. The number of rotatable bonds is 6. The summed E-state index contributed by atoms with van der Waals surface area (Å²) in [4.78, 5) is 13.3. The fourth-order valence-electron chi connectivity index (χ4n) is 3.19. The van der Waals surface area contributed by atoms with E-state index in [0.29, 0.717) is 34.5 Å². The van der Waals surface area contributed by atoms with E-state index in [0.717, 1.165) is 11.3 Å². The highest BCUT2D eigenvalue weighted by Crippen LogP contribution is 2.46. The summed E-state index contributed by atoms with van der Waals surface area (Å²) < 4.78 is 11.3. The van der Waals surface area contributed by atoms with Crippen LogP contribution in [0.2, 0.25) is 5.02 Å². The zero-order chi connectivity index (χ0) is 20.5. The SMILES string of the molecule is COc1nncc(-c2cnc(C)nc2OCC2C(C)=C2c2ccc(C)cn2)c1Cl. The molecular formula is C21H20ClN5O2. The second-order valence-electron chi connectivity index (χ2n) is 6.90. The lowest BCUT2D eigenvalue weighted by molar-refractivity contribution is 0.296. The van der Waals surface area contributed by atoms with E-state index in [2.05, 4.69) is 38.1 Å². The van der Waals surface area contributed by atoms with Crippen LogP contribution in [0.4, 0.5) is 0 Å². The predicted molar refractivity (Wildman–Crippen MR) is 110 cm³/mol. The third-order valence-electron chi connectivity index (χ3n) is 4.90. The molecule has 1 unspecified atom stereocenters. The Morgan fingerprint density at radius 2 is 1.83 bits per heavy atom. The quantitative estimate of drug-likeness (QED) is 0.606. The van der Waals surface area contributed by atoms with Crippen LogP contribution >= 0.6 is 11.6 Å². The number of pyridine rings is 1. The van der Waals surface area contributed by atoms with Crippen LogP contribution in [-0.4, -0.2) is 38.9 Å². The van der Waals surface area contributed by atoms with Gasteiger partial charge in [0.2, 0.25) is 5.88 Å². The third kappa shape index (κ3) is 3.78. The van der Waals surface area contributed by atoms with E-state index in [9.17, 15) is 0 Å². The molecular weight excluding hydrogens is 390 g/mol. The molecule has 3 aromatic heterocycles. The molecule has 0 saturated heterocycles. The molecule has 3 heterocycles. The van der Waals surface area contributed by atoms with Crippen LogP contribution in [0, 0.1) is 19.8 Å². The normalized spacial score (nSPS) is 15.4. The molecule has 0 radical (unpaired) electrons. The number of hydrogen-bond acceptors (Lipinski definition) is 7. The first-order valence-corrected chi connectivity index (χ1v) is 9.53. The molecule has 1 atom stereocenters. The van der Waals surface area contributed by atoms with Crippen molar-refractivity contribution in [3.05, 3.63) is 58.4 Å². The lowest BCUT2D eigenvalue weighted by Crippen LogP contribution is -2.07. The minimum absolute atomic E-state index is 0.217. The van der Waals surface area contributed by atoms with Crippen molar-refractivity contribution < 1.29 is 9.47 Å². The number of nitrogens with zero attached hydrogens (tertiary/aromatic N) is 5. The zero-order valence-corrected chi connectivity index (χ0v) is 17.4. The van der Waals surface area contributed by atoms with Crippen molar-refractivity contribution >= 4 is 17.2 Å². The predicted octanol–water partition coefficient (Wildman–Crippen LogP) is 4.09. The minimum Gasteiger partial charge on any atom is -0.479 e. The Bertz CT molecular complexity index is 1100. The van der Waals surface area contributed by atoms with Crippen LogP contribution < -0.4 is 9.47 Å². The summed E-state index contributed by atoms with van der Waals surface area (Å²) in [5.74, 6) is 1.51. The van der Waals surface area contributed by atoms with E-state index >= 15 is 0 Å². The van der Waals surface area contributed by atoms with Crippen LogP contribution in [0.1, 0.15) is 24.0 Å². The van der Waals surface area contributed by atoms with E-state index in [4.69, 9.17) is 21.1 Å². The van der Waals surface area contributed by atoms with Gasteiger partial charge in [-0.05, 0) is 38.0 Å². The molecule has 0 aromatic carbocycles. The highest BCUT2D eigenvalue weighted by molar-refractivity contribution is 6.34. The Labute approximate surface area is 173 Å². The number of aryl methyl sites for hydroxylation is 2. The van der Waals surface area contributed by atoms with E-state index in [1.807, 2.05) is 26.1 Å². The number of ether oxygens (including phenoxy) is 2. The smallest absolute Gasteiger partial charge is 0.252 e. The lowest BCUT2D eigenvalue weighted by Gasteiger charge is -2.13. The number of aromatic nitrogens is 5. The van der Waals surface area contributed by atoms with Gasteiger partial charge in [0, 0.05) is 23.9 Å². The molecule has 7 nitrogen and oxygen atoms in total. The van der Waals surface area contributed by atoms with E-state index in [1.165, 1.54) is 18.3 Å². The average molecular weight is 410 g/mol. The van der Waals surface area contributed by atoms with Crippen LogP contribution in [0.3, 0.4) is 0 Å². The van der Waals surface area contributed by atoms with Gasteiger partial charge in [0.15, 0.2) is 0 Å². The molecule has 0 spiro atoms. The Hall–Kier alpha value is -3.06. The highest BCUT2D eigenvalue weighted by atomic mass is 35.5. The van der Waals surface area contributed by atoms with Gasteiger partial charge in [0.1, 0.15) is 17.5 Å². The summed E-state index contributed by atoms with van der Waals surface area (Å²) in [5, 5.41) is 8.16. The second-order valence-corrected chi connectivity index (χ2v) is 7.28.